The molecular weight excluding hydrogens is 496 g/mol. The van der Waals surface area contributed by atoms with Crippen LogP contribution in [0.2, 0.25) is 0 Å². The molecule has 9 atom stereocenters. The van der Waals surface area contributed by atoms with Crippen LogP contribution in [0.4, 0.5) is 0 Å². The molecule has 13 heteroatoms. The van der Waals surface area contributed by atoms with E-state index in [1.165, 1.54) is 20.8 Å². The second-order valence-corrected chi connectivity index (χ2v) is 10.4. The summed E-state index contributed by atoms with van der Waals surface area (Å²) in [4.78, 5) is 34.9. The van der Waals surface area contributed by atoms with Gasteiger partial charge in [-0.3, -0.25) is 14.4 Å². The van der Waals surface area contributed by atoms with Crippen LogP contribution in [0.3, 0.4) is 0 Å². The molecule has 0 aromatic rings. The maximum absolute atomic E-state index is 11.8. The van der Waals surface area contributed by atoms with Crippen molar-refractivity contribution in [2.75, 3.05) is 13.2 Å². The van der Waals surface area contributed by atoms with Crippen LogP contribution >= 0.6 is 0 Å². The van der Waals surface area contributed by atoms with Gasteiger partial charge in [0.05, 0.1) is 6.61 Å². The van der Waals surface area contributed by atoms with E-state index in [0.717, 1.165) is 0 Å². The van der Waals surface area contributed by atoms with Gasteiger partial charge in [-0.25, -0.2) is 0 Å². The second kappa shape index (κ2) is 10.7. The monoisotopic (exact) mass is 532 g/mol. The van der Waals surface area contributed by atoms with E-state index in [0.29, 0.717) is 0 Å². The predicted octanol–water partition coefficient (Wildman–Crippen LogP) is 0.941. The van der Waals surface area contributed by atoms with Crippen LogP contribution in [0.1, 0.15) is 54.9 Å². The first-order valence-electron chi connectivity index (χ1n) is 12.3. The van der Waals surface area contributed by atoms with Gasteiger partial charge in [0.1, 0.15) is 43.2 Å². The minimum Gasteiger partial charge on any atom is -0.463 e. The normalized spacial score (nSPS) is 39.8. The number of hydrogen-bond donors (Lipinski definition) is 0. The summed E-state index contributed by atoms with van der Waals surface area (Å²) in [7, 11) is 0. The lowest BCUT2D eigenvalue weighted by atomic mass is 9.99. The van der Waals surface area contributed by atoms with Crippen molar-refractivity contribution >= 4 is 17.9 Å². The van der Waals surface area contributed by atoms with Gasteiger partial charge >= 0.3 is 17.9 Å². The first-order valence-corrected chi connectivity index (χ1v) is 12.3. The average molecular weight is 533 g/mol. The summed E-state index contributed by atoms with van der Waals surface area (Å²) < 4.78 is 58.2. The van der Waals surface area contributed by atoms with Crippen molar-refractivity contribution in [1.82, 2.24) is 0 Å². The molecule has 4 fully saturated rings. The summed E-state index contributed by atoms with van der Waals surface area (Å²) in [5.41, 5.74) is 0. The molecule has 4 rings (SSSR count). The van der Waals surface area contributed by atoms with Crippen molar-refractivity contribution in [3.8, 4) is 0 Å². The van der Waals surface area contributed by atoms with E-state index in [9.17, 15) is 14.4 Å². The molecule has 13 nitrogen and oxygen atoms in total. The van der Waals surface area contributed by atoms with Crippen molar-refractivity contribution in [1.29, 1.82) is 0 Å². The van der Waals surface area contributed by atoms with E-state index in [1.54, 1.807) is 13.8 Å². The van der Waals surface area contributed by atoms with E-state index in [4.69, 9.17) is 47.4 Å². The Morgan fingerprint density at radius 1 is 0.730 bits per heavy atom. The molecule has 0 bridgehead atoms. The van der Waals surface area contributed by atoms with Crippen LogP contribution in [0.15, 0.2) is 0 Å². The molecular formula is C24H36O13. The minimum absolute atomic E-state index is 0.0175. The van der Waals surface area contributed by atoms with Crippen molar-refractivity contribution in [3.05, 3.63) is 0 Å². The van der Waals surface area contributed by atoms with Gasteiger partial charge in [0.2, 0.25) is 0 Å². The van der Waals surface area contributed by atoms with Crippen molar-refractivity contribution in [3.63, 3.8) is 0 Å². The Morgan fingerprint density at radius 3 is 2.00 bits per heavy atom. The Morgan fingerprint density at radius 2 is 1.35 bits per heavy atom. The van der Waals surface area contributed by atoms with Crippen LogP contribution in [-0.2, 0) is 61.8 Å². The zero-order valence-electron chi connectivity index (χ0n) is 22.1. The van der Waals surface area contributed by atoms with Gasteiger partial charge in [0.25, 0.3) is 0 Å². The lowest BCUT2D eigenvalue weighted by Gasteiger charge is -2.41. The molecule has 0 aromatic carbocycles. The molecule has 0 amide bonds. The molecule has 0 N–H and O–H groups in total. The molecule has 0 aliphatic carbocycles. The fourth-order valence-electron chi connectivity index (χ4n) is 5.03. The summed E-state index contributed by atoms with van der Waals surface area (Å²) in [5, 5.41) is 0. The molecule has 0 unspecified atom stereocenters. The largest absolute Gasteiger partial charge is 0.463 e. The topological polar surface area (TPSA) is 144 Å². The average Bonchev–Trinajstić information content (AvgIpc) is 3.25. The molecule has 0 radical (unpaired) electrons. The predicted molar refractivity (Wildman–Crippen MR) is 119 cm³/mol. The third kappa shape index (κ3) is 6.77. The summed E-state index contributed by atoms with van der Waals surface area (Å²) in [6.07, 6.45) is -6.36. The zero-order chi connectivity index (χ0) is 27.1. The molecule has 4 heterocycles. The standard InChI is InChI=1S/C24H36O13/c1-11(25)28-9-15-18(31-13(3)27)14(30-12(2)26)8-17(32-15)29-10-16-19-20(35-23(4,5)34-19)21-22(33-16)37-24(6,7)36-21/h14-22H,8-10H2,1-7H3/t14-,15-,16-,17+,18-,19+,20+,21-,22-/m1/s1. The van der Waals surface area contributed by atoms with Crippen LogP contribution in [0, 0.1) is 0 Å². The van der Waals surface area contributed by atoms with E-state index in [-0.39, 0.29) is 19.6 Å². The number of esters is 3. The number of ether oxygens (including phenoxy) is 10. The van der Waals surface area contributed by atoms with Crippen LogP contribution in [0.25, 0.3) is 0 Å². The van der Waals surface area contributed by atoms with Crippen LogP contribution in [-0.4, -0.2) is 98.0 Å². The highest BCUT2D eigenvalue weighted by Gasteiger charge is 2.61. The van der Waals surface area contributed by atoms with E-state index < -0.39 is 84.8 Å². The SMILES string of the molecule is CC(=O)OC[C@H]1O[C@H](OC[C@H]2O[C@@H]3OC(C)(C)O[C@@H]3[C@H]3OC(C)(C)O[C@H]32)C[C@@H](OC(C)=O)[C@H]1OC(C)=O. The molecule has 4 aliphatic rings. The van der Waals surface area contributed by atoms with E-state index in [2.05, 4.69) is 0 Å². The van der Waals surface area contributed by atoms with Gasteiger partial charge in [0.15, 0.2) is 30.3 Å². The number of rotatable bonds is 7. The van der Waals surface area contributed by atoms with E-state index in [1.807, 2.05) is 13.8 Å². The summed E-state index contributed by atoms with van der Waals surface area (Å²) in [6, 6.07) is 0. The first-order chi connectivity index (χ1) is 17.2. The second-order valence-electron chi connectivity index (χ2n) is 10.4. The highest BCUT2D eigenvalue weighted by Crippen LogP contribution is 2.44. The number of hydrogen-bond acceptors (Lipinski definition) is 13. The molecule has 4 aliphatic heterocycles. The van der Waals surface area contributed by atoms with Crippen LogP contribution in [0.5, 0.6) is 0 Å². The highest BCUT2D eigenvalue weighted by molar-refractivity contribution is 5.67. The number of carbonyl (C=O) groups excluding carboxylic acids is 3. The van der Waals surface area contributed by atoms with Gasteiger partial charge < -0.3 is 47.4 Å². The van der Waals surface area contributed by atoms with Gasteiger partial charge in [0, 0.05) is 27.2 Å². The van der Waals surface area contributed by atoms with Gasteiger partial charge in [-0.2, -0.15) is 0 Å². The Bertz CT molecular complexity index is 873. The summed E-state index contributed by atoms with van der Waals surface area (Å²) in [5.74, 6) is -3.44. The molecule has 37 heavy (non-hydrogen) atoms. The fraction of sp³-hybridized carbons (Fsp3) is 0.875. The lowest BCUT2D eigenvalue weighted by Crippen LogP contribution is -2.57. The van der Waals surface area contributed by atoms with E-state index >= 15 is 0 Å². The lowest BCUT2D eigenvalue weighted by molar-refractivity contribution is -0.288. The third-order valence-electron chi connectivity index (χ3n) is 6.25. The Labute approximate surface area is 215 Å². The van der Waals surface area contributed by atoms with Crippen LogP contribution < -0.4 is 0 Å². The molecule has 0 saturated carbocycles. The third-order valence-corrected chi connectivity index (χ3v) is 6.25. The number of carbonyl (C=O) groups is 3. The van der Waals surface area contributed by atoms with Crippen molar-refractivity contribution < 1.29 is 61.8 Å². The maximum atomic E-state index is 11.8. The smallest absolute Gasteiger partial charge is 0.303 e. The van der Waals surface area contributed by atoms with Gasteiger partial charge in [-0.1, -0.05) is 0 Å². The Kier molecular flexibility index (Phi) is 8.15. The Hall–Kier alpha value is -1.87. The Balaban J connectivity index is 1.47. The maximum Gasteiger partial charge on any atom is 0.303 e. The minimum atomic E-state index is -0.990. The number of fused-ring (bicyclic) bond motifs is 3. The molecule has 4 saturated heterocycles. The summed E-state index contributed by atoms with van der Waals surface area (Å²) >= 11 is 0. The van der Waals surface area contributed by atoms with Gasteiger partial charge in [-0.05, 0) is 27.7 Å². The molecule has 0 aromatic heterocycles. The quantitative estimate of drug-likeness (QED) is 0.339. The molecule has 0 spiro atoms. The van der Waals surface area contributed by atoms with Crippen molar-refractivity contribution in [2.45, 2.75) is 122 Å². The zero-order valence-corrected chi connectivity index (χ0v) is 22.1. The highest BCUT2D eigenvalue weighted by atomic mass is 16.9. The van der Waals surface area contributed by atoms with Crippen molar-refractivity contribution in [2.24, 2.45) is 0 Å². The fourth-order valence-corrected chi connectivity index (χ4v) is 5.03. The molecule has 210 valence electrons. The summed E-state index contributed by atoms with van der Waals surface area (Å²) in [6.45, 7) is 10.7. The first kappa shape index (κ1) is 28.1. The van der Waals surface area contributed by atoms with Gasteiger partial charge in [-0.15, -0.1) is 0 Å².